The summed E-state index contributed by atoms with van der Waals surface area (Å²) in [5.41, 5.74) is 0.651. The Labute approximate surface area is 165 Å². The third-order valence-corrected chi connectivity index (χ3v) is 5.92. The van der Waals surface area contributed by atoms with Gasteiger partial charge in [0.25, 0.3) is 5.91 Å². The number of amides is 1. The third kappa shape index (κ3) is 4.53. The van der Waals surface area contributed by atoms with Crippen LogP contribution in [0.4, 0.5) is 10.1 Å². The van der Waals surface area contributed by atoms with Gasteiger partial charge in [-0.15, -0.1) is 0 Å². The van der Waals surface area contributed by atoms with Crippen LogP contribution in [0.3, 0.4) is 0 Å². The summed E-state index contributed by atoms with van der Waals surface area (Å²) in [6, 6.07) is 13.2. The van der Waals surface area contributed by atoms with Gasteiger partial charge in [-0.25, -0.2) is 4.39 Å². The average Bonchev–Trinajstić information content (AvgIpc) is 3.28. The zero-order valence-corrected chi connectivity index (χ0v) is 16.1. The van der Waals surface area contributed by atoms with Crippen LogP contribution in [-0.2, 0) is 0 Å². The molecule has 1 aliphatic heterocycles. The first-order valence-corrected chi connectivity index (χ1v) is 10.2. The molecule has 0 spiro atoms. The number of hydrogen-bond acceptors (Lipinski definition) is 3. The van der Waals surface area contributed by atoms with Crippen molar-refractivity contribution in [3.8, 4) is 5.75 Å². The molecule has 2 aliphatic rings. The summed E-state index contributed by atoms with van der Waals surface area (Å²) >= 11 is 0. The second-order valence-corrected chi connectivity index (χ2v) is 7.87. The van der Waals surface area contributed by atoms with E-state index in [0.717, 1.165) is 30.6 Å². The van der Waals surface area contributed by atoms with Gasteiger partial charge < -0.3 is 15.0 Å². The summed E-state index contributed by atoms with van der Waals surface area (Å²) in [5.74, 6) is 1.67. The Morgan fingerprint density at radius 2 is 1.79 bits per heavy atom. The van der Waals surface area contributed by atoms with Crippen molar-refractivity contribution in [1.82, 2.24) is 4.90 Å². The van der Waals surface area contributed by atoms with Crippen LogP contribution < -0.4 is 10.1 Å². The molecule has 0 bridgehead atoms. The van der Waals surface area contributed by atoms with Gasteiger partial charge >= 0.3 is 0 Å². The smallest absolute Gasteiger partial charge is 0.258 e. The molecule has 1 amide bonds. The lowest BCUT2D eigenvalue weighted by atomic mass is 10.0. The molecule has 2 aromatic carbocycles. The van der Waals surface area contributed by atoms with Gasteiger partial charge in [-0.05, 0) is 67.5 Å². The summed E-state index contributed by atoms with van der Waals surface area (Å²) < 4.78 is 19.5. The molecular formula is C23H27FN2O2. The van der Waals surface area contributed by atoms with E-state index in [2.05, 4.69) is 10.2 Å². The minimum atomic E-state index is -0.526. The standard InChI is InChI=1S/C23H27FN2O2/c24-22-8-2-1-7-21(22)23(27)25-19-9-11-20(12-10-19)28-14-4-13-26-15-17-5-3-6-18(17)16-26/h1-2,7-12,17-18H,3-6,13-16H2,(H,25,27). The van der Waals surface area contributed by atoms with Crippen LogP contribution in [0.5, 0.6) is 5.75 Å². The summed E-state index contributed by atoms with van der Waals surface area (Å²) in [7, 11) is 0. The predicted octanol–water partition coefficient (Wildman–Crippen LogP) is 4.58. The molecule has 2 aromatic rings. The van der Waals surface area contributed by atoms with Gasteiger partial charge in [0.2, 0.25) is 0 Å². The zero-order chi connectivity index (χ0) is 19.3. The van der Waals surface area contributed by atoms with Gasteiger partial charge in [0, 0.05) is 25.3 Å². The first-order valence-electron chi connectivity index (χ1n) is 10.2. The lowest BCUT2D eigenvalue weighted by Gasteiger charge is -2.16. The molecule has 5 heteroatoms. The van der Waals surface area contributed by atoms with Crippen LogP contribution in [0.2, 0.25) is 0 Å². The molecule has 28 heavy (non-hydrogen) atoms. The van der Waals surface area contributed by atoms with Crippen LogP contribution in [0.15, 0.2) is 48.5 Å². The van der Waals surface area contributed by atoms with Crippen LogP contribution in [0.25, 0.3) is 0 Å². The van der Waals surface area contributed by atoms with Gasteiger partial charge in [-0.1, -0.05) is 18.6 Å². The molecule has 1 saturated heterocycles. The molecule has 1 N–H and O–H groups in total. The molecular weight excluding hydrogens is 355 g/mol. The van der Waals surface area contributed by atoms with E-state index in [-0.39, 0.29) is 5.56 Å². The number of nitrogens with zero attached hydrogens (tertiary/aromatic N) is 1. The number of benzene rings is 2. The number of rotatable bonds is 7. The van der Waals surface area contributed by atoms with E-state index in [0.29, 0.717) is 12.3 Å². The van der Waals surface area contributed by atoms with Crippen molar-refractivity contribution in [2.75, 3.05) is 31.6 Å². The van der Waals surface area contributed by atoms with Gasteiger partial charge in [0.05, 0.1) is 12.2 Å². The molecule has 2 fully saturated rings. The Morgan fingerprint density at radius 3 is 2.50 bits per heavy atom. The maximum absolute atomic E-state index is 13.7. The fourth-order valence-corrected chi connectivity index (χ4v) is 4.47. The first kappa shape index (κ1) is 18.9. The Hall–Kier alpha value is -2.40. The minimum Gasteiger partial charge on any atom is -0.494 e. The Bertz CT molecular complexity index is 797. The quantitative estimate of drug-likeness (QED) is 0.713. The monoisotopic (exact) mass is 382 g/mol. The maximum atomic E-state index is 13.7. The molecule has 2 atom stereocenters. The highest BCUT2D eigenvalue weighted by atomic mass is 19.1. The van der Waals surface area contributed by atoms with Crippen molar-refractivity contribution < 1.29 is 13.9 Å². The normalized spacial score (nSPS) is 21.5. The fraction of sp³-hybridized carbons (Fsp3) is 0.435. The number of nitrogens with one attached hydrogen (secondary N) is 1. The summed E-state index contributed by atoms with van der Waals surface area (Å²) in [5, 5.41) is 2.71. The molecule has 1 saturated carbocycles. The van der Waals surface area contributed by atoms with Gasteiger partial charge in [-0.3, -0.25) is 4.79 Å². The van der Waals surface area contributed by atoms with Crippen molar-refractivity contribution in [3.63, 3.8) is 0 Å². The van der Waals surface area contributed by atoms with Gasteiger partial charge in [0.15, 0.2) is 0 Å². The molecule has 1 aliphatic carbocycles. The van der Waals surface area contributed by atoms with Crippen LogP contribution in [-0.4, -0.2) is 37.0 Å². The largest absolute Gasteiger partial charge is 0.494 e. The maximum Gasteiger partial charge on any atom is 0.258 e. The molecule has 4 nitrogen and oxygen atoms in total. The number of halogens is 1. The Balaban J connectivity index is 1.19. The number of fused-ring (bicyclic) bond motifs is 1. The topological polar surface area (TPSA) is 41.6 Å². The van der Waals surface area contributed by atoms with Crippen LogP contribution in [0.1, 0.15) is 36.0 Å². The Morgan fingerprint density at radius 1 is 1.07 bits per heavy atom. The van der Waals surface area contributed by atoms with Crippen molar-refractivity contribution in [2.24, 2.45) is 11.8 Å². The molecule has 0 aromatic heterocycles. The van der Waals surface area contributed by atoms with E-state index in [1.54, 1.807) is 24.3 Å². The fourth-order valence-electron chi connectivity index (χ4n) is 4.47. The van der Waals surface area contributed by atoms with Crippen LogP contribution >= 0.6 is 0 Å². The van der Waals surface area contributed by atoms with E-state index in [1.807, 2.05) is 12.1 Å². The number of ether oxygens (including phenoxy) is 1. The van der Waals surface area contributed by atoms with Crippen molar-refractivity contribution in [1.29, 1.82) is 0 Å². The molecule has 0 radical (unpaired) electrons. The Kier molecular flexibility index (Phi) is 5.91. The number of likely N-dealkylation sites (tertiary alicyclic amines) is 1. The van der Waals surface area contributed by atoms with E-state index in [9.17, 15) is 9.18 Å². The van der Waals surface area contributed by atoms with E-state index >= 15 is 0 Å². The molecule has 148 valence electrons. The lowest BCUT2D eigenvalue weighted by molar-refractivity contribution is 0.102. The predicted molar refractivity (Wildman–Crippen MR) is 108 cm³/mol. The summed E-state index contributed by atoms with van der Waals surface area (Å²) in [6.45, 7) is 4.32. The number of carbonyl (C=O) groups excluding carboxylic acids is 1. The van der Waals surface area contributed by atoms with E-state index in [1.165, 1.54) is 44.5 Å². The third-order valence-electron chi connectivity index (χ3n) is 5.92. The van der Waals surface area contributed by atoms with Gasteiger partial charge in [-0.2, -0.15) is 0 Å². The lowest BCUT2D eigenvalue weighted by Crippen LogP contribution is -2.24. The second kappa shape index (κ2) is 8.74. The van der Waals surface area contributed by atoms with Crippen molar-refractivity contribution in [3.05, 3.63) is 59.9 Å². The average molecular weight is 382 g/mol. The first-order chi connectivity index (χ1) is 13.7. The summed E-state index contributed by atoms with van der Waals surface area (Å²) in [6.07, 6.45) is 5.27. The minimum absolute atomic E-state index is 0.0360. The number of hydrogen-bond donors (Lipinski definition) is 1. The van der Waals surface area contributed by atoms with E-state index in [4.69, 9.17) is 4.74 Å². The second-order valence-electron chi connectivity index (χ2n) is 7.87. The number of anilines is 1. The van der Waals surface area contributed by atoms with Crippen LogP contribution in [0, 0.1) is 17.7 Å². The molecule has 1 heterocycles. The van der Waals surface area contributed by atoms with Crippen molar-refractivity contribution in [2.45, 2.75) is 25.7 Å². The highest BCUT2D eigenvalue weighted by Crippen LogP contribution is 2.37. The summed E-state index contributed by atoms with van der Waals surface area (Å²) in [4.78, 5) is 14.7. The molecule has 2 unspecified atom stereocenters. The zero-order valence-electron chi connectivity index (χ0n) is 16.1. The SMILES string of the molecule is O=C(Nc1ccc(OCCCN2CC3CCCC3C2)cc1)c1ccccc1F. The number of carbonyl (C=O) groups is 1. The van der Waals surface area contributed by atoms with Crippen molar-refractivity contribution >= 4 is 11.6 Å². The van der Waals surface area contributed by atoms with Gasteiger partial charge in [0.1, 0.15) is 11.6 Å². The highest BCUT2D eigenvalue weighted by molar-refractivity contribution is 6.04. The van der Waals surface area contributed by atoms with E-state index < -0.39 is 11.7 Å². The highest BCUT2D eigenvalue weighted by Gasteiger charge is 2.35. The molecule has 4 rings (SSSR count).